The van der Waals surface area contributed by atoms with E-state index >= 15 is 0 Å². The predicted octanol–water partition coefficient (Wildman–Crippen LogP) is 6.31. The molecule has 0 atom stereocenters. The Morgan fingerprint density at radius 2 is 1.82 bits per heavy atom. The quantitative estimate of drug-likeness (QED) is 0.232. The minimum absolute atomic E-state index is 0.0767. The predicted molar refractivity (Wildman–Crippen MR) is 144 cm³/mol. The highest BCUT2D eigenvalue weighted by molar-refractivity contribution is 7.99. The largest absolute Gasteiger partial charge is 0.325 e. The molecule has 0 radical (unpaired) electrons. The van der Waals surface area contributed by atoms with E-state index in [-0.39, 0.29) is 17.2 Å². The van der Waals surface area contributed by atoms with Gasteiger partial charge in [0, 0.05) is 10.6 Å². The zero-order valence-corrected chi connectivity index (χ0v) is 21.6. The lowest BCUT2D eigenvalue weighted by Crippen LogP contribution is -2.23. The third-order valence-electron chi connectivity index (χ3n) is 5.86. The molecule has 2 aromatic heterocycles. The fourth-order valence-electron chi connectivity index (χ4n) is 3.91. The molecule has 1 N–H and O–H groups in total. The summed E-state index contributed by atoms with van der Waals surface area (Å²) in [7, 11) is 0. The Labute approximate surface area is 208 Å². The van der Waals surface area contributed by atoms with Gasteiger partial charge in [-0.25, -0.2) is 4.98 Å². The lowest BCUT2D eigenvalue weighted by molar-refractivity contribution is -0.113. The van der Waals surface area contributed by atoms with Gasteiger partial charge in [0.1, 0.15) is 4.83 Å². The number of thiophene rings is 1. The molecule has 1 amide bonds. The van der Waals surface area contributed by atoms with Crippen molar-refractivity contribution in [2.45, 2.75) is 52.1 Å². The molecule has 0 unspecified atom stereocenters. The van der Waals surface area contributed by atoms with Crippen LogP contribution in [0.4, 0.5) is 5.69 Å². The highest BCUT2D eigenvalue weighted by Gasteiger charge is 2.20. The number of nitrogens with zero attached hydrogens (tertiary/aromatic N) is 2. The molecule has 176 valence electrons. The molecule has 0 fully saturated rings. The van der Waals surface area contributed by atoms with Gasteiger partial charge in [-0.2, -0.15) is 0 Å². The van der Waals surface area contributed by atoms with Crippen LogP contribution in [-0.2, 0) is 17.6 Å². The lowest BCUT2D eigenvalue weighted by Gasteiger charge is -2.13. The number of carbonyl (C=O) groups is 1. The molecule has 4 rings (SSSR count). The highest BCUT2D eigenvalue weighted by Crippen LogP contribution is 2.31. The number of hydrogen-bond acceptors (Lipinski definition) is 5. The third kappa shape index (κ3) is 4.95. The molecule has 0 spiro atoms. The number of aryl methyl sites for hydroxylation is 4. The van der Waals surface area contributed by atoms with Crippen molar-refractivity contribution >= 4 is 44.9 Å². The number of hydrogen-bond donors (Lipinski definition) is 1. The molecule has 34 heavy (non-hydrogen) atoms. The average Bonchev–Trinajstić information content (AvgIpc) is 3.15. The summed E-state index contributed by atoms with van der Waals surface area (Å²) in [5.41, 5.74) is 4.71. The Morgan fingerprint density at radius 1 is 1.09 bits per heavy atom. The van der Waals surface area contributed by atoms with Crippen LogP contribution in [0.25, 0.3) is 15.9 Å². The monoisotopic (exact) mass is 491 g/mol. The second-order valence-corrected chi connectivity index (χ2v) is 10.3. The number of fused-ring (bicyclic) bond motifs is 1. The van der Waals surface area contributed by atoms with Gasteiger partial charge in [-0.3, -0.25) is 14.2 Å². The number of rotatable bonds is 8. The number of thioether (sulfide) groups is 1. The fourth-order valence-corrected chi connectivity index (χ4v) is 6.04. The Bertz CT molecular complexity index is 1390. The number of benzene rings is 2. The minimum Gasteiger partial charge on any atom is -0.325 e. The standard InChI is InChI=1S/C27H29N3O2S2/c1-5-9-22-18(4)24-25(34-22)29-27(30(26(24)32)20-14-12-19(6-2)13-15-20)33-16-23(31)28-21-11-8-7-10-17(21)3/h7-8,10-15H,5-6,9,16H2,1-4H3,(H,28,31). The first-order valence-electron chi connectivity index (χ1n) is 11.6. The van der Waals surface area contributed by atoms with Gasteiger partial charge in [0.2, 0.25) is 5.91 Å². The van der Waals surface area contributed by atoms with Crippen molar-refractivity contribution in [3.05, 3.63) is 80.5 Å². The molecule has 7 heteroatoms. The van der Waals surface area contributed by atoms with Crippen LogP contribution in [0.15, 0.2) is 58.5 Å². The first kappa shape index (κ1) is 24.2. The summed E-state index contributed by atoms with van der Waals surface area (Å²) in [6, 6.07) is 15.7. The van der Waals surface area contributed by atoms with Crippen molar-refractivity contribution in [2.75, 3.05) is 11.1 Å². The third-order valence-corrected chi connectivity index (χ3v) is 8.05. The summed E-state index contributed by atoms with van der Waals surface area (Å²) in [6.45, 7) is 8.22. The number of para-hydroxylation sites is 1. The van der Waals surface area contributed by atoms with E-state index in [4.69, 9.17) is 4.98 Å². The summed E-state index contributed by atoms with van der Waals surface area (Å²) < 4.78 is 1.66. The molecule has 4 aromatic rings. The van der Waals surface area contributed by atoms with E-state index in [1.54, 1.807) is 15.9 Å². The Kier molecular flexibility index (Phi) is 7.54. The van der Waals surface area contributed by atoms with Crippen LogP contribution >= 0.6 is 23.1 Å². The van der Waals surface area contributed by atoms with Crippen LogP contribution in [0, 0.1) is 13.8 Å². The molecule has 2 aromatic carbocycles. The van der Waals surface area contributed by atoms with Crippen LogP contribution < -0.4 is 10.9 Å². The summed E-state index contributed by atoms with van der Waals surface area (Å²) in [4.78, 5) is 33.3. The van der Waals surface area contributed by atoms with E-state index in [0.29, 0.717) is 10.5 Å². The first-order chi connectivity index (χ1) is 16.4. The maximum atomic E-state index is 13.7. The van der Waals surface area contributed by atoms with Crippen LogP contribution in [0.3, 0.4) is 0 Å². The van der Waals surface area contributed by atoms with Gasteiger partial charge in [-0.1, -0.05) is 62.4 Å². The number of anilines is 1. The van der Waals surface area contributed by atoms with E-state index in [2.05, 4.69) is 19.2 Å². The zero-order valence-electron chi connectivity index (χ0n) is 20.0. The first-order valence-corrected chi connectivity index (χ1v) is 13.4. The SMILES string of the molecule is CCCc1sc2nc(SCC(=O)Nc3ccccc3C)n(-c3ccc(CC)cc3)c(=O)c2c1C. The van der Waals surface area contributed by atoms with Gasteiger partial charge in [0.05, 0.1) is 16.8 Å². The fraction of sp³-hybridized carbons (Fsp3) is 0.296. The van der Waals surface area contributed by atoms with Crippen molar-refractivity contribution in [3.8, 4) is 5.69 Å². The van der Waals surface area contributed by atoms with Crippen molar-refractivity contribution < 1.29 is 4.79 Å². The molecule has 0 bridgehead atoms. The Hall–Kier alpha value is -2.90. The van der Waals surface area contributed by atoms with E-state index in [1.165, 1.54) is 22.2 Å². The van der Waals surface area contributed by atoms with Crippen molar-refractivity contribution in [1.29, 1.82) is 0 Å². The Balaban J connectivity index is 1.73. The molecule has 5 nitrogen and oxygen atoms in total. The molecule has 0 aliphatic heterocycles. The normalized spacial score (nSPS) is 11.2. The van der Waals surface area contributed by atoms with Crippen molar-refractivity contribution in [3.63, 3.8) is 0 Å². The van der Waals surface area contributed by atoms with E-state index < -0.39 is 0 Å². The van der Waals surface area contributed by atoms with Crippen LogP contribution in [-0.4, -0.2) is 21.2 Å². The summed E-state index contributed by atoms with van der Waals surface area (Å²) in [6.07, 6.45) is 2.87. The van der Waals surface area contributed by atoms with Gasteiger partial charge in [0.25, 0.3) is 5.56 Å². The summed E-state index contributed by atoms with van der Waals surface area (Å²) in [5, 5.41) is 4.18. The number of nitrogens with one attached hydrogen (secondary N) is 1. The van der Waals surface area contributed by atoms with Crippen LogP contribution in [0.5, 0.6) is 0 Å². The molecular weight excluding hydrogens is 462 g/mol. The van der Waals surface area contributed by atoms with Crippen molar-refractivity contribution in [1.82, 2.24) is 9.55 Å². The topological polar surface area (TPSA) is 64.0 Å². The molecule has 0 aliphatic carbocycles. The maximum absolute atomic E-state index is 13.7. The zero-order chi connectivity index (χ0) is 24.2. The average molecular weight is 492 g/mol. The summed E-state index contributed by atoms with van der Waals surface area (Å²) >= 11 is 2.88. The van der Waals surface area contributed by atoms with Crippen LogP contribution in [0.1, 0.15) is 41.8 Å². The van der Waals surface area contributed by atoms with E-state index in [9.17, 15) is 9.59 Å². The van der Waals surface area contributed by atoms with Gasteiger partial charge in [0.15, 0.2) is 5.16 Å². The Morgan fingerprint density at radius 3 is 2.50 bits per heavy atom. The molecule has 0 saturated carbocycles. The number of amides is 1. The van der Waals surface area contributed by atoms with E-state index in [0.717, 1.165) is 46.6 Å². The number of carbonyl (C=O) groups excluding carboxylic acids is 1. The lowest BCUT2D eigenvalue weighted by atomic mass is 10.1. The molecular formula is C27H29N3O2S2. The highest BCUT2D eigenvalue weighted by atomic mass is 32.2. The maximum Gasteiger partial charge on any atom is 0.267 e. The molecule has 2 heterocycles. The second-order valence-electron chi connectivity index (χ2n) is 8.29. The smallest absolute Gasteiger partial charge is 0.267 e. The molecule has 0 saturated heterocycles. The van der Waals surface area contributed by atoms with Crippen molar-refractivity contribution in [2.24, 2.45) is 0 Å². The minimum atomic E-state index is -0.129. The summed E-state index contributed by atoms with van der Waals surface area (Å²) in [5.74, 6) is 0.0291. The molecule has 0 aliphatic rings. The number of aromatic nitrogens is 2. The second kappa shape index (κ2) is 10.6. The van der Waals surface area contributed by atoms with Gasteiger partial charge < -0.3 is 5.32 Å². The van der Waals surface area contributed by atoms with Crippen LogP contribution in [0.2, 0.25) is 0 Å². The van der Waals surface area contributed by atoms with Gasteiger partial charge in [-0.15, -0.1) is 11.3 Å². The van der Waals surface area contributed by atoms with Gasteiger partial charge in [-0.05, 0) is 61.6 Å². The van der Waals surface area contributed by atoms with E-state index in [1.807, 2.05) is 62.4 Å². The van der Waals surface area contributed by atoms with Gasteiger partial charge >= 0.3 is 0 Å².